The normalized spacial score (nSPS) is 16.7. The molecule has 1 saturated heterocycles. The van der Waals surface area contributed by atoms with Crippen LogP contribution in [0.15, 0.2) is 65.7 Å². The highest BCUT2D eigenvalue weighted by atomic mass is 35.5. The maximum atomic E-state index is 12.8. The van der Waals surface area contributed by atoms with Gasteiger partial charge in [0.25, 0.3) is 5.56 Å². The number of methoxy groups -OCH3 is 1. The van der Waals surface area contributed by atoms with Crippen molar-refractivity contribution in [3.63, 3.8) is 0 Å². The lowest BCUT2D eigenvalue weighted by Crippen LogP contribution is -2.42. The Balaban J connectivity index is 0.000000392. The number of hydrogen-bond acceptors (Lipinski definition) is 9. The number of nitrogens with one attached hydrogen (secondary N) is 1. The van der Waals surface area contributed by atoms with Crippen molar-refractivity contribution >= 4 is 45.5 Å². The van der Waals surface area contributed by atoms with Gasteiger partial charge in [-0.05, 0) is 49.4 Å². The van der Waals surface area contributed by atoms with Gasteiger partial charge >= 0.3 is 0 Å². The summed E-state index contributed by atoms with van der Waals surface area (Å²) in [7, 11) is 3.25. The second kappa shape index (κ2) is 15.9. The third-order valence-corrected chi connectivity index (χ3v) is 9.12. The molecule has 12 heteroatoms. The first kappa shape index (κ1) is 35.3. The fourth-order valence-electron chi connectivity index (χ4n) is 5.76. The molecule has 2 aromatic carbocycles. The zero-order valence-corrected chi connectivity index (χ0v) is 29.0. The molecular formula is C36H40Cl2N6O4. The molecule has 0 amide bonds. The van der Waals surface area contributed by atoms with Crippen LogP contribution in [-0.2, 0) is 24.6 Å². The molecule has 252 valence electrons. The molecule has 0 spiro atoms. The van der Waals surface area contributed by atoms with E-state index in [1.54, 1.807) is 32.6 Å². The van der Waals surface area contributed by atoms with Gasteiger partial charge in [-0.15, -0.1) is 0 Å². The number of hydrogen-bond donors (Lipinski definition) is 3. The summed E-state index contributed by atoms with van der Waals surface area (Å²) >= 11 is 13.9. The lowest BCUT2D eigenvalue weighted by molar-refractivity contribution is -0.0182. The predicted molar refractivity (Wildman–Crippen MR) is 193 cm³/mol. The molecule has 4 heterocycles. The Morgan fingerprint density at radius 3 is 2.50 bits per heavy atom. The van der Waals surface area contributed by atoms with Crippen molar-refractivity contribution in [2.24, 2.45) is 12.8 Å². The second-order valence-electron chi connectivity index (χ2n) is 11.3. The van der Waals surface area contributed by atoms with Gasteiger partial charge in [-0.3, -0.25) is 4.79 Å². The maximum absolute atomic E-state index is 12.8. The van der Waals surface area contributed by atoms with Gasteiger partial charge in [-0.2, -0.15) is 5.10 Å². The van der Waals surface area contributed by atoms with Gasteiger partial charge in [0.05, 0.1) is 52.8 Å². The summed E-state index contributed by atoms with van der Waals surface area (Å²) in [6, 6.07) is 15.2. The fraction of sp³-hybridized carbons (Fsp3) is 0.333. The number of aryl methyl sites for hydroxylation is 2. The smallest absolute Gasteiger partial charge is 0.278 e. The van der Waals surface area contributed by atoms with Crippen LogP contribution < -0.4 is 21.3 Å². The summed E-state index contributed by atoms with van der Waals surface area (Å²) in [6.07, 6.45) is 6.66. The standard InChI is InChI=1S/C29H23Cl2N5O2.C5H11NO2.C2H6/c1-36-29(37)24-17(15-33-36)12-13-32-27(24)34-22-11-5-9-20(26(22)31)19-8-4-10-21(25(19)30)23-14-16-6-3-7-18(16)28(35-23)38-2;6-4-1-2-8-3-5(4)7;1-2/h4-5,8-15H,3,6-7H2,1-2H3,(H,32,34);4-5,7H,1-3,6H2;1-2H3. The highest BCUT2D eigenvalue weighted by molar-refractivity contribution is 6.39. The minimum Gasteiger partial charge on any atom is -0.481 e. The van der Waals surface area contributed by atoms with Crippen LogP contribution in [0.1, 0.15) is 37.8 Å². The van der Waals surface area contributed by atoms with Gasteiger partial charge in [0.1, 0.15) is 5.82 Å². The van der Waals surface area contributed by atoms with Gasteiger partial charge < -0.3 is 25.6 Å². The van der Waals surface area contributed by atoms with E-state index in [0.717, 1.165) is 48.1 Å². The van der Waals surface area contributed by atoms with Crippen molar-refractivity contribution in [1.82, 2.24) is 19.7 Å². The molecule has 0 bridgehead atoms. The number of anilines is 2. The number of fused-ring (bicyclic) bond motifs is 2. The molecule has 1 fully saturated rings. The molecule has 48 heavy (non-hydrogen) atoms. The number of halogens is 2. The number of rotatable bonds is 5. The fourth-order valence-corrected chi connectivity index (χ4v) is 6.36. The van der Waals surface area contributed by atoms with E-state index in [0.29, 0.717) is 51.4 Å². The first-order valence-electron chi connectivity index (χ1n) is 16.0. The molecular weight excluding hydrogens is 651 g/mol. The molecule has 5 aromatic rings. The van der Waals surface area contributed by atoms with E-state index in [1.165, 1.54) is 15.8 Å². The molecule has 7 rings (SSSR count). The zero-order chi connectivity index (χ0) is 34.4. The maximum Gasteiger partial charge on any atom is 0.278 e. The summed E-state index contributed by atoms with van der Waals surface area (Å²) in [5.74, 6) is 1.06. The summed E-state index contributed by atoms with van der Waals surface area (Å²) in [6.45, 7) is 5.10. The average molecular weight is 692 g/mol. The molecule has 3 aromatic heterocycles. The number of nitrogens with zero attached hydrogens (tertiary/aromatic N) is 4. The van der Waals surface area contributed by atoms with Crippen molar-refractivity contribution in [2.75, 3.05) is 25.6 Å². The number of ether oxygens (including phenoxy) is 2. The monoisotopic (exact) mass is 690 g/mol. The molecule has 2 unspecified atom stereocenters. The Labute approximate surface area is 289 Å². The van der Waals surface area contributed by atoms with E-state index >= 15 is 0 Å². The number of aliphatic hydroxyl groups excluding tert-OH is 1. The molecule has 10 nitrogen and oxygen atoms in total. The van der Waals surface area contributed by atoms with Crippen LogP contribution in [0.4, 0.5) is 11.5 Å². The van der Waals surface area contributed by atoms with E-state index < -0.39 is 6.10 Å². The number of benzene rings is 2. The minimum absolute atomic E-state index is 0.0660. The Kier molecular flexibility index (Phi) is 11.7. The molecule has 0 radical (unpaired) electrons. The Bertz CT molecular complexity index is 1960. The van der Waals surface area contributed by atoms with Crippen LogP contribution in [-0.4, -0.2) is 57.3 Å². The van der Waals surface area contributed by atoms with E-state index in [-0.39, 0.29) is 11.6 Å². The quantitative estimate of drug-likeness (QED) is 0.183. The van der Waals surface area contributed by atoms with Crippen molar-refractivity contribution < 1.29 is 14.6 Å². The van der Waals surface area contributed by atoms with Gasteiger partial charge in [0.2, 0.25) is 5.88 Å². The van der Waals surface area contributed by atoms with Crippen LogP contribution in [0.25, 0.3) is 33.2 Å². The van der Waals surface area contributed by atoms with Crippen LogP contribution >= 0.6 is 23.2 Å². The van der Waals surface area contributed by atoms with Crippen LogP contribution in [0.2, 0.25) is 10.0 Å². The molecule has 4 N–H and O–H groups in total. The van der Waals surface area contributed by atoms with Gasteiger partial charge in [0, 0.05) is 53.5 Å². The van der Waals surface area contributed by atoms with E-state index in [9.17, 15) is 4.79 Å². The first-order valence-corrected chi connectivity index (χ1v) is 16.8. The highest BCUT2D eigenvalue weighted by Crippen LogP contribution is 2.43. The molecule has 1 aliphatic heterocycles. The SMILES string of the molecule is CC.COc1nc(-c2cccc(-c3cccc(Nc4nccc5cnn(C)c(=O)c45)c3Cl)c2Cl)cc2c1CCC2.NC1CCOCC1O. The van der Waals surface area contributed by atoms with Crippen molar-refractivity contribution in [1.29, 1.82) is 0 Å². The summed E-state index contributed by atoms with van der Waals surface area (Å²) in [4.78, 5) is 22.0. The first-order chi connectivity index (χ1) is 23.3. The number of nitrogens with two attached hydrogens (primary N) is 1. The average Bonchev–Trinajstić information content (AvgIpc) is 3.59. The summed E-state index contributed by atoms with van der Waals surface area (Å²) in [5, 5.41) is 18.4. The van der Waals surface area contributed by atoms with Crippen molar-refractivity contribution in [2.45, 2.75) is 51.7 Å². The predicted octanol–water partition coefficient (Wildman–Crippen LogP) is 6.73. The van der Waals surface area contributed by atoms with E-state index in [1.807, 2.05) is 50.2 Å². The largest absolute Gasteiger partial charge is 0.481 e. The van der Waals surface area contributed by atoms with Crippen molar-refractivity contribution in [3.05, 3.63) is 92.5 Å². The number of pyridine rings is 2. The summed E-state index contributed by atoms with van der Waals surface area (Å²) in [5.41, 5.74) is 11.3. The lowest BCUT2D eigenvalue weighted by atomic mass is 9.99. The second-order valence-corrected chi connectivity index (χ2v) is 12.0. The van der Waals surface area contributed by atoms with Gasteiger partial charge in [0.15, 0.2) is 0 Å². The Hall–Kier alpha value is -4.06. The molecule has 0 saturated carbocycles. The minimum atomic E-state index is -0.441. The number of aromatic nitrogens is 4. The highest BCUT2D eigenvalue weighted by Gasteiger charge is 2.22. The number of aliphatic hydroxyl groups is 1. The molecule has 1 aliphatic carbocycles. The summed E-state index contributed by atoms with van der Waals surface area (Å²) < 4.78 is 11.8. The van der Waals surface area contributed by atoms with Gasteiger partial charge in [-0.1, -0.05) is 67.4 Å². The van der Waals surface area contributed by atoms with Crippen LogP contribution in [0.3, 0.4) is 0 Å². The Morgan fingerprint density at radius 2 is 1.79 bits per heavy atom. The third kappa shape index (κ3) is 7.33. The van der Waals surface area contributed by atoms with Crippen LogP contribution in [0.5, 0.6) is 5.88 Å². The van der Waals surface area contributed by atoms with E-state index in [4.69, 9.17) is 48.5 Å². The Morgan fingerprint density at radius 1 is 1.06 bits per heavy atom. The van der Waals surface area contributed by atoms with Crippen molar-refractivity contribution in [3.8, 4) is 28.3 Å². The van der Waals surface area contributed by atoms with Crippen LogP contribution in [0, 0.1) is 0 Å². The lowest BCUT2D eigenvalue weighted by Gasteiger charge is -2.23. The van der Waals surface area contributed by atoms with E-state index in [2.05, 4.69) is 21.5 Å². The third-order valence-electron chi connectivity index (χ3n) is 8.30. The zero-order valence-electron chi connectivity index (χ0n) is 27.5. The topological polar surface area (TPSA) is 137 Å². The molecule has 2 atom stereocenters. The molecule has 2 aliphatic rings. The van der Waals surface area contributed by atoms with Gasteiger partial charge in [-0.25, -0.2) is 14.6 Å².